The third-order valence-electron chi connectivity index (χ3n) is 5.53. The maximum absolute atomic E-state index is 14.2. The minimum Gasteiger partial charge on any atom is -0.306 e. The Balaban J connectivity index is 1.51. The Hall–Kier alpha value is -3.74. The van der Waals surface area contributed by atoms with E-state index in [1.54, 1.807) is 19.2 Å². The molecule has 5 rings (SSSR count). The first-order valence-corrected chi connectivity index (χ1v) is 9.99. The summed E-state index contributed by atoms with van der Waals surface area (Å²) in [4.78, 5) is 22.4. The van der Waals surface area contributed by atoms with Gasteiger partial charge in [0.1, 0.15) is 5.41 Å². The number of anilines is 2. The lowest BCUT2D eigenvalue weighted by Crippen LogP contribution is -2.46. The van der Waals surface area contributed by atoms with Crippen molar-refractivity contribution in [2.45, 2.75) is 25.4 Å². The molecule has 0 aromatic carbocycles. The molecule has 1 aliphatic rings. The van der Waals surface area contributed by atoms with Gasteiger partial charge in [0, 0.05) is 12.6 Å². The van der Waals surface area contributed by atoms with Crippen molar-refractivity contribution >= 4 is 34.7 Å². The molecule has 0 radical (unpaired) electrons. The van der Waals surface area contributed by atoms with Crippen molar-refractivity contribution in [2.75, 3.05) is 16.8 Å². The van der Waals surface area contributed by atoms with E-state index < -0.39 is 24.2 Å². The molecular formula is C19H15ClF3N9O. The van der Waals surface area contributed by atoms with E-state index in [2.05, 4.69) is 30.7 Å². The number of hydrogen-bond acceptors (Lipinski definition) is 6. The van der Waals surface area contributed by atoms with Crippen molar-refractivity contribution in [1.82, 2.24) is 34.6 Å². The van der Waals surface area contributed by atoms with Crippen LogP contribution in [0.5, 0.6) is 0 Å². The van der Waals surface area contributed by atoms with Crippen molar-refractivity contribution in [3.8, 4) is 5.82 Å². The summed E-state index contributed by atoms with van der Waals surface area (Å²) in [6.45, 7) is 2.12. The van der Waals surface area contributed by atoms with Gasteiger partial charge in [-0.1, -0.05) is 16.8 Å². The predicted octanol–water partition coefficient (Wildman–Crippen LogP) is 3.54. The summed E-state index contributed by atoms with van der Waals surface area (Å²) in [7, 11) is 0. The van der Waals surface area contributed by atoms with Gasteiger partial charge in [0.25, 0.3) is 0 Å². The zero-order valence-corrected chi connectivity index (χ0v) is 17.9. The highest BCUT2D eigenvalue weighted by Gasteiger charge is 2.60. The molecule has 33 heavy (non-hydrogen) atoms. The van der Waals surface area contributed by atoms with Crippen LogP contribution in [-0.2, 0) is 5.41 Å². The monoisotopic (exact) mass is 477 g/mol. The second-order valence-electron chi connectivity index (χ2n) is 7.79. The molecule has 1 atom stereocenters. The molecule has 0 aliphatic carbocycles. The van der Waals surface area contributed by atoms with Crippen LogP contribution in [0.3, 0.4) is 0 Å². The van der Waals surface area contributed by atoms with Gasteiger partial charge in [-0.3, -0.25) is 4.90 Å². The minimum atomic E-state index is -4.67. The van der Waals surface area contributed by atoms with Gasteiger partial charge < -0.3 is 5.32 Å². The van der Waals surface area contributed by atoms with E-state index in [0.29, 0.717) is 17.1 Å². The largest absolute Gasteiger partial charge is 0.401 e. The summed E-state index contributed by atoms with van der Waals surface area (Å²) in [5, 5.41) is 14.2. The van der Waals surface area contributed by atoms with Crippen LogP contribution in [0.15, 0.2) is 36.9 Å². The maximum Gasteiger partial charge on any atom is 0.401 e. The van der Waals surface area contributed by atoms with Crippen LogP contribution in [-0.4, -0.2) is 53.3 Å². The summed E-state index contributed by atoms with van der Waals surface area (Å²) in [5.41, 5.74) is -1.47. The van der Waals surface area contributed by atoms with Crippen LogP contribution in [0.2, 0.25) is 5.15 Å². The Kier molecular flexibility index (Phi) is 4.57. The molecule has 0 bridgehead atoms. The van der Waals surface area contributed by atoms with Crippen molar-refractivity contribution in [2.24, 2.45) is 0 Å². The highest BCUT2D eigenvalue weighted by Crippen LogP contribution is 2.50. The SMILES string of the molecule is Cc1cc(NC(=O)N2C[C@@](C)(C(F)(F)F)c3c2cnc2cc(Cl)nn32)cnc1-n1ccnn1. The second kappa shape index (κ2) is 7.13. The fourth-order valence-electron chi connectivity index (χ4n) is 3.88. The van der Waals surface area contributed by atoms with Crippen molar-refractivity contribution in [1.29, 1.82) is 0 Å². The fourth-order valence-corrected chi connectivity index (χ4v) is 4.05. The number of pyridine rings is 1. The van der Waals surface area contributed by atoms with E-state index in [4.69, 9.17) is 11.6 Å². The highest BCUT2D eigenvalue weighted by atomic mass is 35.5. The molecule has 0 saturated heterocycles. The van der Waals surface area contributed by atoms with Crippen LogP contribution >= 0.6 is 11.6 Å². The molecule has 0 unspecified atom stereocenters. The first kappa shape index (κ1) is 21.1. The molecule has 4 aromatic rings. The third kappa shape index (κ3) is 3.26. The zero-order chi connectivity index (χ0) is 23.5. The molecule has 5 heterocycles. The molecule has 0 spiro atoms. The number of nitrogens with zero attached hydrogens (tertiary/aromatic N) is 8. The van der Waals surface area contributed by atoms with Gasteiger partial charge in [0.2, 0.25) is 0 Å². The number of amides is 2. The summed E-state index contributed by atoms with van der Waals surface area (Å²) >= 11 is 5.90. The number of fused-ring (bicyclic) bond motifs is 3. The lowest BCUT2D eigenvalue weighted by molar-refractivity contribution is -0.181. The van der Waals surface area contributed by atoms with Gasteiger partial charge in [-0.15, -0.1) is 5.10 Å². The molecule has 1 aliphatic heterocycles. The van der Waals surface area contributed by atoms with Gasteiger partial charge in [-0.05, 0) is 25.5 Å². The third-order valence-corrected chi connectivity index (χ3v) is 5.72. The van der Waals surface area contributed by atoms with Gasteiger partial charge in [-0.2, -0.15) is 18.3 Å². The minimum absolute atomic E-state index is 0.00246. The quantitative estimate of drug-likeness (QED) is 0.473. The van der Waals surface area contributed by atoms with Crippen molar-refractivity contribution in [3.63, 3.8) is 0 Å². The maximum atomic E-state index is 14.2. The Morgan fingerprint density at radius 3 is 2.70 bits per heavy atom. The normalized spacial score (nSPS) is 18.1. The van der Waals surface area contributed by atoms with E-state index in [-0.39, 0.29) is 22.2 Å². The number of urea groups is 1. The number of carbonyl (C=O) groups excluding carboxylic acids is 1. The van der Waals surface area contributed by atoms with Crippen LogP contribution in [0, 0.1) is 6.92 Å². The van der Waals surface area contributed by atoms with E-state index in [1.807, 2.05) is 0 Å². The zero-order valence-electron chi connectivity index (χ0n) is 17.2. The first-order chi connectivity index (χ1) is 15.6. The molecule has 0 saturated carbocycles. The smallest absolute Gasteiger partial charge is 0.306 e. The number of hydrogen-bond donors (Lipinski definition) is 1. The van der Waals surface area contributed by atoms with E-state index in [0.717, 1.165) is 16.3 Å². The summed E-state index contributed by atoms with van der Waals surface area (Å²) in [6, 6.07) is 2.22. The Labute approximate surface area is 189 Å². The average Bonchev–Trinajstić information content (AvgIpc) is 3.45. The van der Waals surface area contributed by atoms with Crippen LogP contribution in [0.4, 0.5) is 29.3 Å². The molecular weight excluding hydrogens is 463 g/mol. The molecule has 14 heteroatoms. The van der Waals surface area contributed by atoms with Gasteiger partial charge in [-0.25, -0.2) is 24.0 Å². The number of nitrogens with one attached hydrogen (secondary N) is 1. The number of aromatic nitrogens is 7. The second-order valence-corrected chi connectivity index (χ2v) is 8.17. The van der Waals surface area contributed by atoms with E-state index in [1.165, 1.54) is 29.3 Å². The summed E-state index contributed by atoms with van der Waals surface area (Å²) < 4.78 is 45.0. The summed E-state index contributed by atoms with van der Waals surface area (Å²) in [6.07, 6.45) is 1.05. The van der Waals surface area contributed by atoms with E-state index >= 15 is 0 Å². The van der Waals surface area contributed by atoms with Gasteiger partial charge in [0.05, 0.1) is 41.9 Å². The fraction of sp³-hybridized carbons (Fsp3) is 0.263. The van der Waals surface area contributed by atoms with Crippen LogP contribution < -0.4 is 10.2 Å². The lowest BCUT2D eigenvalue weighted by atomic mass is 9.88. The number of halogens is 4. The molecule has 1 N–H and O–H groups in total. The molecule has 170 valence electrons. The summed E-state index contributed by atoms with van der Waals surface area (Å²) in [5.74, 6) is 0.504. The Morgan fingerprint density at radius 2 is 2.03 bits per heavy atom. The topological polar surface area (TPSA) is 106 Å². The van der Waals surface area contributed by atoms with Gasteiger partial charge in [0.15, 0.2) is 16.6 Å². The van der Waals surface area contributed by atoms with E-state index in [9.17, 15) is 18.0 Å². The van der Waals surface area contributed by atoms with Crippen molar-refractivity contribution in [3.05, 3.63) is 53.3 Å². The standard InChI is InChI=1S/C19H15ClF3N9O/c1-10-5-11(7-25-16(10)31-4-3-26-29-31)27-17(33)30-9-18(2,19(21,22)23)15-12(30)8-24-14-6-13(20)28-32(14)15/h3-8H,9H2,1-2H3,(H,27,33)/t18-/m1/s1. The highest BCUT2D eigenvalue weighted by molar-refractivity contribution is 6.29. The predicted molar refractivity (Wildman–Crippen MR) is 112 cm³/mol. The molecule has 2 amide bonds. The van der Waals surface area contributed by atoms with Crippen molar-refractivity contribution < 1.29 is 18.0 Å². The molecule has 10 nitrogen and oxygen atoms in total. The van der Waals surface area contributed by atoms with Crippen LogP contribution in [0.1, 0.15) is 18.2 Å². The molecule has 0 fully saturated rings. The lowest BCUT2D eigenvalue weighted by Gasteiger charge is -2.28. The first-order valence-electron chi connectivity index (χ1n) is 9.62. The number of alkyl halides is 3. The Morgan fingerprint density at radius 1 is 1.24 bits per heavy atom. The number of rotatable bonds is 2. The van der Waals surface area contributed by atoms with Crippen LogP contribution in [0.25, 0.3) is 11.5 Å². The van der Waals surface area contributed by atoms with Gasteiger partial charge >= 0.3 is 12.2 Å². The Bertz CT molecular complexity index is 1390. The molecule has 4 aromatic heterocycles. The number of carbonyl (C=O) groups is 1. The average molecular weight is 478 g/mol. The number of aryl methyl sites for hydroxylation is 1.